The molecule has 136 valence electrons. The summed E-state index contributed by atoms with van der Waals surface area (Å²) in [5.41, 5.74) is 5.37. The van der Waals surface area contributed by atoms with Crippen LogP contribution in [0.1, 0.15) is 96.8 Å². The first-order valence-electron chi connectivity index (χ1n) is 10.1. The van der Waals surface area contributed by atoms with Gasteiger partial charge in [0.15, 0.2) is 0 Å². The molecule has 0 unspecified atom stereocenters. The Hall–Kier alpha value is -0.760. The van der Waals surface area contributed by atoms with Crippen LogP contribution in [0.3, 0.4) is 0 Å². The molecule has 0 aromatic heterocycles. The number of nitrogens with two attached hydrogens (primary N) is 1. The van der Waals surface area contributed by atoms with E-state index < -0.39 is 0 Å². The molecule has 0 bridgehead atoms. The lowest BCUT2D eigenvalue weighted by Gasteiger charge is -2.02. The highest BCUT2D eigenvalue weighted by Crippen LogP contribution is 2.09. The molecule has 0 saturated heterocycles. The molecule has 2 heteroatoms. The average molecular weight is 323 g/mol. The summed E-state index contributed by atoms with van der Waals surface area (Å²) in [6.07, 6.45) is 27.9. The van der Waals surface area contributed by atoms with Gasteiger partial charge >= 0.3 is 0 Å². The molecule has 2 nitrogen and oxygen atoms in total. The summed E-state index contributed by atoms with van der Waals surface area (Å²) in [5.74, 6) is 0. The molecule has 3 N–H and O–H groups in total. The van der Waals surface area contributed by atoms with Gasteiger partial charge in [-0.15, -0.1) is 0 Å². The van der Waals surface area contributed by atoms with E-state index in [0.717, 1.165) is 6.54 Å². The largest absolute Gasteiger partial charge is 0.391 e. The Morgan fingerprint density at radius 2 is 1.17 bits per heavy atom. The molecule has 0 aliphatic rings. The Balaban J connectivity index is 3.06. The maximum atomic E-state index is 5.37. The quantitative estimate of drug-likeness (QED) is 0.237. The van der Waals surface area contributed by atoms with Crippen LogP contribution in [-0.2, 0) is 0 Å². The molecule has 0 aliphatic carbocycles. The summed E-state index contributed by atoms with van der Waals surface area (Å²) in [4.78, 5) is 0. The van der Waals surface area contributed by atoms with Gasteiger partial charge in [-0.05, 0) is 38.3 Å². The third-order valence-electron chi connectivity index (χ3n) is 4.20. The van der Waals surface area contributed by atoms with Crippen molar-refractivity contribution in [2.45, 2.75) is 96.8 Å². The highest BCUT2D eigenvalue weighted by molar-refractivity contribution is 4.81. The molecule has 0 radical (unpaired) electrons. The summed E-state index contributed by atoms with van der Waals surface area (Å²) >= 11 is 0. The zero-order chi connectivity index (χ0) is 16.8. The van der Waals surface area contributed by atoms with Crippen LogP contribution < -0.4 is 11.1 Å². The fraction of sp³-hybridized carbons (Fsp3) is 0.810. The van der Waals surface area contributed by atoms with Crippen LogP contribution in [0.25, 0.3) is 0 Å². The standard InChI is InChI=1S/C21H42N2/c1-2-3-4-5-6-7-8-9-10-11-12-13-14-15-16-17-20-23-21-18-19-22/h9-10,18,21,23H,2-8,11-17,19-20,22H2,1H3/b10-9-,21-18?. The van der Waals surface area contributed by atoms with E-state index in [0.29, 0.717) is 6.54 Å². The first-order chi connectivity index (χ1) is 11.4. The topological polar surface area (TPSA) is 38.0 Å². The van der Waals surface area contributed by atoms with Crippen LogP contribution in [0.15, 0.2) is 24.4 Å². The number of unbranched alkanes of at least 4 members (excludes halogenated alkanes) is 12. The number of hydrogen-bond donors (Lipinski definition) is 2. The van der Waals surface area contributed by atoms with E-state index in [1.54, 1.807) is 0 Å². The smallest absolute Gasteiger partial charge is 0.0141 e. The van der Waals surface area contributed by atoms with E-state index in [9.17, 15) is 0 Å². The zero-order valence-corrected chi connectivity index (χ0v) is 15.7. The van der Waals surface area contributed by atoms with Gasteiger partial charge in [-0.3, -0.25) is 0 Å². The number of allylic oxidation sites excluding steroid dienone is 2. The van der Waals surface area contributed by atoms with Gasteiger partial charge in [0.05, 0.1) is 0 Å². The Labute approximate surface area is 146 Å². The van der Waals surface area contributed by atoms with Crippen LogP contribution in [0.4, 0.5) is 0 Å². The molecule has 0 fully saturated rings. The lowest BCUT2D eigenvalue weighted by Crippen LogP contribution is -2.07. The first kappa shape index (κ1) is 22.2. The van der Waals surface area contributed by atoms with Gasteiger partial charge in [-0.2, -0.15) is 0 Å². The molecule has 0 amide bonds. The average Bonchev–Trinajstić information content (AvgIpc) is 2.57. The molecular formula is C21H42N2. The van der Waals surface area contributed by atoms with Crippen molar-refractivity contribution in [1.29, 1.82) is 0 Å². The number of hydrogen-bond acceptors (Lipinski definition) is 2. The lowest BCUT2D eigenvalue weighted by atomic mass is 10.1. The molecule has 0 aromatic rings. The van der Waals surface area contributed by atoms with Gasteiger partial charge in [0.25, 0.3) is 0 Å². The minimum absolute atomic E-state index is 0.625. The summed E-state index contributed by atoms with van der Waals surface area (Å²) < 4.78 is 0. The van der Waals surface area contributed by atoms with Crippen molar-refractivity contribution in [2.75, 3.05) is 13.1 Å². The molecule has 0 atom stereocenters. The molecule has 0 spiro atoms. The SMILES string of the molecule is CCCCCCCC/C=C\CCCCCCCCNC=CCN. The maximum Gasteiger partial charge on any atom is 0.0141 e. The summed E-state index contributed by atoms with van der Waals surface area (Å²) in [5, 5.41) is 3.27. The predicted octanol–water partition coefficient (Wildman–Crippen LogP) is 6.09. The van der Waals surface area contributed by atoms with E-state index in [1.165, 1.54) is 89.9 Å². The van der Waals surface area contributed by atoms with Crippen molar-refractivity contribution >= 4 is 0 Å². The van der Waals surface area contributed by atoms with Crippen LogP contribution >= 0.6 is 0 Å². The second-order valence-corrected chi connectivity index (χ2v) is 6.53. The summed E-state index contributed by atoms with van der Waals surface area (Å²) in [6.45, 7) is 3.99. The maximum absolute atomic E-state index is 5.37. The minimum atomic E-state index is 0.625. The Kier molecular flexibility index (Phi) is 20.5. The van der Waals surface area contributed by atoms with Gasteiger partial charge in [0.1, 0.15) is 0 Å². The molecule has 0 heterocycles. The molecule has 23 heavy (non-hydrogen) atoms. The van der Waals surface area contributed by atoms with E-state index >= 15 is 0 Å². The third kappa shape index (κ3) is 21.2. The highest BCUT2D eigenvalue weighted by atomic mass is 14.8. The van der Waals surface area contributed by atoms with Gasteiger partial charge in [0.2, 0.25) is 0 Å². The van der Waals surface area contributed by atoms with Crippen molar-refractivity contribution in [3.05, 3.63) is 24.4 Å². The van der Waals surface area contributed by atoms with E-state index in [2.05, 4.69) is 24.4 Å². The van der Waals surface area contributed by atoms with Crippen LogP contribution in [0.5, 0.6) is 0 Å². The second kappa shape index (κ2) is 21.2. The van der Waals surface area contributed by atoms with Crippen LogP contribution in [0.2, 0.25) is 0 Å². The highest BCUT2D eigenvalue weighted by Gasteiger charge is 1.91. The molecule has 0 rings (SSSR count). The van der Waals surface area contributed by atoms with Crippen molar-refractivity contribution in [3.8, 4) is 0 Å². The molecular weight excluding hydrogens is 280 g/mol. The monoisotopic (exact) mass is 322 g/mol. The number of nitrogens with one attached hydrogen (secondary N) is 1. The lowest BCUT2D eigenvalue weighted by molar-refractivity contribution is 0.588. The van der Waals surface area contributed by atoms with Gasteiger partial charge in [-0.1, -0.05) is 82.9 Å². The van der Waals surface area contributed by atoms with Gasteiger partial charge in [-0.25, -0.2) is 0 Å². The molecule has 0 aliphatic heterocycles. The zero-order valence-electron chi connectivity index (χ0n) is 15.7. The van der Waals surface area contributed by atoms with Crippen molar-refractivity contribution in [3.63, 3.8) is 0 Å². The van der Waals surface area contributed by atoms with E-state index in [-0.39, 0.29) is 0 Å². The van der Waals surface area contributed by atoms with Crippen LogP contribution in [-0.4, -0.2) is 13.1 Å². The van der Waals surface area contributed by atoms with Gasteiger partial charge < -0.3 is 11.1 Å². The molecule has 0 aromatic carbocycles. The fourth-order valence-electron chi connectivity index (χ4n) is 2.71. The summed E-state index contributed by atoms with van der Waals surface area (Å²) in [7, 11) is 0. The van der Waals surface area contributed by atoms with E-state index in [1.807, 2.05) is 12.3 Å². The van der Waals surface area contributed by atoms with Crippen molar-refractivity contribution in [1.82, 2.24) is 5.32 Å². The first-order valence-corrected chi connectivity index (χ1v) is 10.1. The van der Waals surface area contributed by atoms with Gasteiger partial charge in [0, 0.05) is 13.1 Å². The molecule has 0 saturated carbocycles. The van der Waals surface area contributed by atoms with E-state index in [4.69, 9.17) is 5.73 Å². The normalized spacial score (nSPS) is 11.7. The van der Waals surface area contributed by atoms with Crippen molar-refractivity contribution < 1.29 is 0 Å². The second-order valence-electron chi connectivity index (χ2n) is 6.53. The van der Waals surface area contributed by atoms with Crippen molar-refractivity contribution in [2.24, 2.45) is 5.73 Å². The Morgan fingerprint density at radius 3 is 1.74 bits per heavy atom. The Bertz CT molecular complexity index is 259. The predicted molar refractivity (Wildman–Crippen MR) is 106 cm³/mol. The third-order valence-corrected chi connectivity index (χ3v) is 4.20. The Morgan fingerprint density at radius 1 is 0.652 bits per heavy atom. The minimum Gasteiger partial charge on any atom is -0.391 e. The van der Waals surface area contributed by atoms with Crippen LogP contribution in [0, 0.1) is 0 Å². The summed E-state index contributed by atoms with van der Waals surface area (Å²) in [6, 6.07) is 0. The fourth-order valence-corrected chi connectivity index (χ4v) is 2.71. The number of rotatable bonds is 18.